The summed E-state index contributed by atoms with van der Waals surface area (Å²) < 4.78 is 5.20. The second kappa shape index (κ2) is 7.26. The third-order valence-electron chi connectivity index (χ3n) is 3.04. The molecule has 0 saturated heterocycles. The molecule has 0 aromatic heterocycles. The molecule has 0 aliphatic rings. The highest BCUT2D eigenvalue weighted by Crippen LogP contribution is 2.20. The summed E-state index contributed by atoms with van der Waals surface area (Å²) in [6, 6.07) is 3.46. The molecule has 0 atom stereocenters. The number of nitrogens with one attached hydrogen (secondary N) is 2. The maximum atomic E-state index is 11.6. The molecule has 0 aliphatic carbocycles. The lowest BCUT2D eigenvalue weighted by Gasteiger charge is -2.19. The summed E-state index contributed by atoms with van der Waals surface area (Å²) >= 11 is 0. The fourth-order valence-corrected chi connectivity index (χ4v) is 2.00. The lowest BCUT2D eigenvalue weighted by atomic mass is 10.0. The predicted molar refractivity (Wildman–Crippen MR) is 85.2 cm³/mol. The molecule has 0 fully saturated rings. The van der Waals surface area contributed by atoms with Gasteiger partial charge in [-0.3, -0.25) is 4.79 Å². The van der Waals surface area contributed by atoms with Crippen LogP contribution in [-0.4, -0.2) is 36.2 Å². The van der Waals surface area contributed by atoms with Gasteiger partial charge in [0.05, 0.1) is 12.1 Å². The van der Waals surface area contributed by atoms with Crippen LogP contribution in [-0.2, 0) is 16.1 Å². The number of esters is 1. The van der Waals surface area contributed by atoms with Crippen LogP contribution in [0.4, 0.5) is 5.69 Å². The number of hydrogen-bond donors (Lipinski definition) is 3. The fourth-order valence-electron chi connectivity index (χ4n) is 2.00. The Morgan fingerprint density at radius 3 is 2.41 bits per heavy atom. The van der Waals surface area contributed by atoms with Crippen LogP contribution in [0, 0.1) is 6.92 Å². The van der Waals surface area contributed by atoms with Gasteiger partial charge in [0, 0.05) is 19.3 Å². The number of benzene rings is 1. The number of anilines is 1. The van der Waals surface area contributed by atoms with E-state index in [0.29, 0.717) is 12.1 Å². The van der Waals surface area contributed by atoms with Crippen molar-refractivity contribution in [2.45, 2.75) is 39.8 Å². The first-order chi connectivity index (χ1) is 10.1. The van der Waals surface area contributed by atoms with Gasteiger partial charge < -0.3 is 20.5 Å². The fraction of sp³-hybridized carbons (Fsp3) is 0.500. The van der Waals surface area contributed by atoms with Gasteiger partial charge in [0.25, 0.3) is 0 Å². The van der Waals surface area contributed by atoms with Gasteiger partial charge in [0.2, 0.25) is 0 Å². The van der Waals surface area contributed by atoms with Crippen molar-refractivity contribution in [2.75, 3.05) is 18.9 Å². The van der Waals surface area contributed by atoms with Gasteiger partial charge in [0.1, 0.15) is 5.60 Å². The molecule has 6 heteroatoms. The zero-order chi connectivity index (χ0) is 16.9. The van der Waals surface area contributed by atoms with E-state index >= 15 is 0 Å². The quantitative estimate of drug-likeness (QED) is 0.698. The van der Waals surface area contributed by atoms with E-state index in [1.807, 2.05) is 26.8 Å². The van der Waals surface area contributed by atoms with Crippen LogP contribution >= 0.6 is 0 Å². The van der Waals surface area contributed by atoms with Crippen molar-refractivity contribution >= 4 is 17.6 Å². The first-order valence-electron chi connectivity index (χ1n) is 7.11. The number of carbonyl (C=O) groups is 2. The van der Waals surface area contributed by atoms with E-state index in [-0.39, 0.29) is 18.1 Å². The topological polar surface area (TPSA) is 87.7 Å². The molecule has 1 aromatic rings. The first kappa shape index (κ1) is 18.0. The Bertz CT molecular complexity index is 562. The Hall–Kier alpha value is -2.08. The SMILES string of the molecule is CNc1cc(CNCC(=O)OC(C)(C)C)c(C)c(C(=O)O)c1. The summed E-state index contributed by atoms with van der Waals surface area (Å²) in [4.78, 5) is 22.9. The second-order valence-electron chi connectivity index (χ2n) is 6.05. The average Bonchev–Trinajstić information content (AvgIpc) is 2.38. The van der Waals surface area contributed by atoms with Crippen molar-refractivity contribution < 1.29 is 19.4 Å². The van der Waals surface area contributed by atoms with Crippen molar-refractivity contribution in [3.63, 3.8) is 0 Å². The molecule has 0 aliphatic heterocycles. The van der Waals surface area contributed by atoms with Gasteiger partial charge in [0.15, 0.2) is 0 Å². The number of carbonyl (C=O) groups excluding carboxylic acids is 1. The molecule has 0 spiro atoms. The highest BCUT2D eigenvalue weighted by Gasteiger charge is 2.16. The van der Waals surface area contributed by atoms with Crippen molar-refractivity contribution in [3.8, 4) is 0 Å². The van der Waals surface area contributed by atoms with E-state index in [4.69, 9.17) is 4.74 Å². The number of carboxylic acid groups (broad SMARTS) is 1. The van der Waals surface area contributed by atoms with Crippen LogP contribution in [0.2, 0.25) is 0 Å². The smallest absolute Gasteiger partial charge is 0.336 e. The van der Waals surface area contributed by atoms with E-state index in [1.54, 1.807) is 20.0 Å². The minimum absolute atomic E-state index is 0.0723. The van der Waals surface area contributed by atoms with E-state index < -0.39 is 11.6 Å². The van der Waals surface area contributed by atoms with Gasteiger partial charge in [-0.25, -0.2) is 4.79 Å². The molecule has 3 N–H and O–H groups in total. The number of carboxylic acids is 1. The summed E-state index contributed by atoms with van der Waals surface area (Å²) in [5.41, 5.74) is 1.96. The molecular weight excluding hydrogens is 284 g/mol. The van der Waals surface area contributed by atoms with Gasteiger partial charge in [-0.15, -0.1) is 0 Å². The maximum absolute atomic E-state index is 11.6. The van der Waals surface area contributed by atoms with E-state index in [0.717, 1.165) is 11.3 Å². The highest BCUT2D eigenvalue weighted by molar-refractivity contribution is 5.91. The zero-order valence-electron chi connectivity index (χ0n) is 13.7. The molecule has 0 heterocycles. The summed E-state index contributed by atoms with van der Waals surface area (Å²) in [6.07, 6.45) is 0. The summed E-state index contributed by atoms with van der Waals surface area (Å²) in [5.74, 6) is -1.31. The average molecular weight is 308 g/mol. The molecular formula is C16H24N2O4. The molecule has 0 bridgehead atoms. The molecule has 0 unspecified atom stereocenters. The third kappa shape index (κ3) is 5.37. The van der Waals surface area contributed by atoms with E-state index in [1.165, 1.54) is 0 Å². The molecule has 1 aromatic carbocycles. The monoisotopic (exact) mass is 308 g/mol. The second-order valence-corrected chi connectivity index (χ2v) is 6.05. The minimum Gasteiger partial charge on any atom is -0.478 e. The molecule has 1 rings (SSSR count). The number of rotatable bonds is 6. The van der Waals surface area contributed by atoms with Crippen molar-refractivity contribution in [2.24, 2.45) is 0 Å². The van der Waals surface area contributed by atoms with Crippen molar-refractivity contribution in [3.05, 3.63) is 28.8 Å². The van der Waals surface area contributed by atoms with Crippen LogP contribution in [0.3, 0.4) is 0 Å². The first-order valence-corrected chi connectivity index (χ1v) is 7.11. The summed E-state index contributed by atoms with van der Waals surface area (Å²) in [7, 11) is 1.73. The van der Waals surface area contributed by atoms with Crippen molar-refractivity contribution in [1.82, 2.24) is 5.32 Å². The predicted octanol–water partition coefficient (Wildman–Crippen LogP) is 2.17. The summed E-state index contributed by atoms with van der Waals surface area (Å²) in [6.45, 7) is 7.65. The summed E-state index contributed by atoms with van der Waals surface area (Å²) in [5, 5.41) is 15.2. The molecule has 122 valence electrons. The van der Waals surface area contributed by atoms with Gasteiger partial charge in [-0.05, 0) is 51.0 Å². The molecule has 6 nitrogen and oxygen atoms in total. The lowest BCUT2D eigenvalue weighted by molar-refractivity contribution is -0.153. The largest absolute Gasteiger partial charge is 0.478 e. The van der Waals surface area contributed by atoms with E-state index in [9.17, 15) is 14.7 Å². The lowest BCUT2D eigenvalue weighted by Crippen LogP contribution is -2.31. The van der Waals surface area contributed by atoms with E-state index in [2.05, 4.69) is 10.6 Å². The molecule has 22 heavy (non-hydrogen) atoms. The Morgan fingerprint density at radius 2 is 1.91 bits per heavy atom. The van der Waals surface area contributed by atoms with Crippen LogP contribution in [0.15, 0.2) is 12.1 Å². The Balaban J connectivity index is 2.75. The van der Waals surface area contributed by atoms with Crippen molar-refractivity contribution in [1.29, 1.82) is 0 Å². The third-order valence-corrected chi connectivity index (χ3v) is 3.04. The van der Waals surface area contributed by atoms with Gasteiger partial charge in [-0.2, -0.15) is 0 Å². The van der Waals surface area contributed by atoms with Gasteiger partial charge >= 0.3 is 11.9 Å². The zero-order valence-corrected chi connectivity index (χ0v) is 13.7. The van der Waals surface area contributed by atoms with Crippen LogP contribution in [0.5, 0.6) is 0 Å². The number of aromatic carboxylic acids is 1. The Morgan fingerprint density at radius 1 is 1.27 bits per heavy atom. The highest BCUT2D eigenvalue weighted by atomic mass is 16.6. The molecule has 0 amide bonds. The normalized spacial score (nSPS) is 11.1. The van der Waals surface area contributed by atoms with Crippen LogP contribution in [0.1, 0.15) is 42.3 Å². The Labute approximate surface area is 130 Å². The van der Waals surface area contributed by atoms with Crippen LogP contribution < -0.4 is 10.6 Å². The number of hydrogen-bond acceptors (Lipinski definition) is 5. The maximum Gasteiger partial charge on any atom is 0.336 e. The standard InChI is InChI=1S/C16H24N2O4/c1-10-11(6-12(17-5)7-13(10)15(20)21)8-18-9-14(19)22-16(2,3)4/h6-7,17-18H,8-9H2,1-5H3,(H,20,21). The molecule has 0 saturated carbocycles. The minimum atomic E-state index is -0.969. The van der Waals surface area contributed by atoms with Crippen LogP contribution in [0.25, 0.3) is 0 Å². The van der Waals surface area contributed by atoms with Gasteiger partial charge in [-0.1, -0.05) is 0 Å². The molecule has 0 radical (unpaired) electrons. The Kier molecular flexibility index (Phi) is 5.93. The number of ether oxygens (including phenoxy) is 1.